The van der Waals surface area contributed by atoms with Crippen molar-refractivity contribution in [2.24, 2.45) is 0 Å². The number of phenols is 1. The molecular formula is C17H22Cl2N2O2. The van der Waals surface area contributed by atoms with Gasteiger partial charge < -0.3 is 10.0 Å². The molecule has 2 aliphatic rings. The van der Waals surface area contributed by atoms with Crippen LogP contribution in [0.1, 0.15) is 57.2 Å². The molecule has 1 aliphatic heterocycles. The fourth-order valence-corrected chi connectivity index (χ4v) is 4.33. The van der Waals surface area contributed by atoms with E-state index in [1.54, 1.807) is 6.07 Å². The Morgan fingerprint density at radius 3 is 2.65 bits per heavy atom. The number of carbonyl (C=O) groups is 1. The molecule has 0 bridgehead atoms. The van der Waals surface area contributed by atoms with Crippen molar-refractivity contribution in [2.45, 2.75) is 57.2 Å². The second kappa shape index (κ2) is 6.50. The lowest BCUT2D eigenvalue weighted by molar-refractivity contribution is -0.134. The highest BCUT2D eigenvalue weighted by atomic mass is 35.5. The third-order valence-electron chi connectivity index (χ3n) is 4.92. The Kier molecular flexibility index (Phi) is 4.77. The van der Waals surface area contributed by atoms with E-state index in [9.17, 15) is 9.90 Å². The molecule has 23 heavy (non-hydrogen) atoms. The molecular weight excluding hydrogens is 335 g/mol. The van der Waals surface area contributed by atoms with Crippen molar-refractivity contribution >= 4 is 29.1 Å². The van der Waals surface area contributed by atoms with Crippen LogP contribution < -0.4 is 5.32 Å². The van der Waals surface area contributed by atoms with Gasteiger partial charge in [0.25, 0.3) is 0 Å². The molecule has 1 saturated heterocycles. The summed E-state index contributed by atoms with van der Waals surface area (Å²) in [6.45, 7) is 2.68. The van der Waals surface area contributed by atoms with Crippen LogP contribution in [-0.4, -0.2) is 28.0 Å². The van der Waals surface area contributed by atoms with Crippen LogP contribution in [0.3, 0.4) is 0 Å². The molecule has 1 atom stereocenters. The van der Waals surface area contributed by atoms with Gasteiger partial charge in [-0.05, 0) is 31.4 Å². The molecule has 2 fully saturated rings. The summed E-state index contributed by atoms with van der Waals surface area (Å²) in [7, 11) is 0. The Labute approximate surface area is 146 Å². The molecule has 1 aromatic rings. The second-order valence-electron chi connectivity index (χ2n) is 6.51. The molecule has 6 heteroatoms. The number of phenolic OH excluding ortho intramolecular Hbond substituents is 1. The van der Waals surface area contributed by atoms with Gasteiger partial charge in [-0.25, -0.2) is 0 Å². The van der Waals surface area contributed by atoms with Gasteiger partial charge in [0.2, 0.25) is 5.91 Å². The summed E-state index contributed by atoms with van der Waals surface area (Å²) in [6.07, 6.45) is 5.44. The van der Waals surface area contributed by atoms with Gasteiger partial charge in [0, 0.05) is 17.1 Å². The fraction of sp³-hybridized carbons (Fsp3) is 0.588. The number of hydrogen-bond donors (Lipinski definition) is 2. The minimum atomic E-state index is -0.501. The molecule has 1 unspecified atom stereocenters. The third kappa shape index (κ3) is 2.92. The standard InChI is InChI=1S/C17H22Cl2N2O2/c1-2-8-21-15(12-9-11(18)10-13(19)14(12)22)20-17(16(21)23)6-4-3-5-7-17/h9-10,15,20,22H,2-8H2,1H3. The highest BCUT2D eigenvalue weighted by molar-refractivity contribution is 6.35. The van der Waals surface area contributed by atoms with E-state index in [1.165, 1.54) is 12.5 Å². The van der Waals surface area contributed by atoms with Gasteiger partial charge in [0.1, 0.15) is 11.9 Å². The fourth-order valence-electron chi connectivity index (χ4n) is 3.82. The zero-order valence-corrected chi connectivity index (χ0v) is 14.8. The first-order chi connectivity index (χ1) is 11.0. The quantitative estimate of drug-likeness (QED) is 0.851. The first-order valence-corrected chi connectivity index (χ1v) is 9.01. The summed E-state index contributed by atoms with van der Waals surface area (Å²) in [5.41, 5.74) is 0.0750. The lowest BCUT2D eigenvalue weighted by Gasteiger charge is -2.31. The van der Waals surface area contributed by atoms with Crippen molar-refractivity contribution in [3.05, 3.63) is 27.7 Å². The van der Waals surface area contributed by atoms with Gasteiger partial charge in [-0.1, -0.05) is 49.4 Å². The number of carbonyl (C=O) groups excluding carboxylic acids is 1. The van der Waals surface area contributed by atoms with Crippen LogP contribution in [0.2, 0.25) is 10.0 Å². The molecule has 126 valence electrons. The van der Waals surface area contributed by atoms with E-state index in [0.29, 0.717) is 17.1 Å². The van der Waals surface area contributed by atoms with Gasteiger partial charge >= 0.3 is 0 Å². The lowest BCUT2D eigenvalue weighted by atomic mass is 9.81. The van der Waals surface area contributed by atoms with Crippen LogP contribution in [0.4, 0.5) is 0 Å². The van der Waals surface area contributed by atoms with Crippen LogP contribution in [0.15, 0.2) is 12.1 Å². The van der Waals surface area contributed by atoms with E-state index < -0.39 is 5.54 Å². The number of benzene rings is 1. The van der Waals surface area contributed by atoms with Crippen LogP contribution >= 0.6 is 23.2 Å². The van der Waals surface area contributed by atoms with Crippen LogP contribution in [0, 0.1) is 0 Å². The summed E-state index contributed by atoms with van der Waals surface area (Å²) >= 11 is 12.2. The van der Waals surface area contributed by atoms with Gasteiger partial charge in [-0.3, -0.25) is 10.1 Å². The number of nitrogens with one attached hydrogen (secondary N) is 1. The molecule has 0 aromatic heterocycles. The number of aromatic hydroxyl groups is 1. The van der Waals surface area contributed by atoms with E-state index in [1.807, 2.05) is 11.8 Å². The maximum absolute atomic E-state index is 13.1. The first kappa shape index (κ1) is 16.9. The first-order valence-electron chi connectivity index (χ1n) is 8.25. The van der Waals surface area contributed by atoms with Gasteiger partial charge in [0.15, 0.2) is 0 Å². The summed E-state index contributed by atoms with van der Waals surface area (Å²) < 4.78 is 0. The SMILES string of the molecule is CCCN1C(=O)C2(CCCCC2)NC1c1cc(Cl)cc(Cl)c1O. The van der Waals surface area contributed by atoms with Gasteiger partial charge in [-0.2, -0.15) is 0 Å². The zero-order valence-electron chi connectivity index (χ0n) is 13.2. The average molecular weight is 357 g/mol. The van der Waals surface area contributed by atoms with Crippen molar-refractivity contribution < 1.29 is 9.90 Å². The lowest BCUT2D eigenvalue weighted by Crippen LogP contribution is -2.48. The minimum Gasteiger partial charge on any atom is -0.506 e. The predicted octanol–water partition coefficient (Wildman–Crippen LogP) is 4.24. The largest absolute Gasteiger partial charge is 0.506 e. The molecule has 1 heterocycles. The maximum Gasteiger partial charge on any atom is 0.244 e. The van der Waals surface area contributed by atoms with E-state index in [2.05, 4.69) is 5.32 Å². The third-order valence-corrected chi connectivity index (χ3v) is 5.43. The van der Waals surface area contributed by atoms with E-state index in [0.717, 1.165) is 32.1 Å². The Hall–Kier alpha value is -0.970. The normalized spacial score (nSPS) is 23.7. The summed E-state index contributed by atoms with van der Waals surface area (Å²) in [5.74, 6) is 0.134. The summed E-state index contributed by atoms with van der Waals surface area (Å²) in [5, 5.41) is 14.5. The van der Waals surface area contributed by atoms with E-state index in [-0.39, 0.29) is 22.8 Å². The number of hydrogen-bond acceptors (Lipinski definition) is 3. The highest BCUT2D eigenvalue weighted by Gasteiger charge is 2.51. The van der Waals surface area contributed by atoms with Crippen molar-refractivity contribution in [3.8, 4) is 5.75 Å². The van der Waals surface area contributed by atoms with Crippen molar-refractivity contribution in [1.82, 2.24) is 10.2 Å². The predicted molar refractivity (Wildman–Crippen MR) is 91.8 cm³/mol. The van der Waals surface area contributed by atoms with E-state index in [4.69, 9.17) is 23.2 Å². The molecule has 1 aromatic carbocycles. The van der Waals surface area contributed by atoms with Gasteiger partial charge in [0.05, 0.1) is 10.6 Å². The molecule has 2 N–H and O–H groups in total. The Balaban J connectivity index is 2.01. The topological polar surface area (TPSA) is 52.6 Å². The maximum atomic E-state index is 13.1. The van der Waals surface area contributed by atoms with Gasteiger partial charge in [-0.15, -0.1) is 0 Å². The minimum absolute atomic E-state index is 0.00432. The van der Waals surface area contributed by atoms with Crippen LogP contribution in [0.25, 0.3) is 0 Å². The Morgan fingerprint density at radius 2 is 2.00 bits per heavy atom. The van der Waals surface area contributed by atoms with Crippen molar-refractivity contribution in [1.29, 1.82) is 0 Å². The molecule has 1 amide bonds. The average Bonchev–Trinajstić information content (AvgIpc) is 2.78. The molecule has 1 saturated carbocycles. The van der Waals surface area contributed by atoms with E-state index >= 15 is 0 Å². The van der Waals surface area contributed by atoms with Crippen molar-refractivity contribution in [3.63, 3.8) is 0 Å². The summed E-state index contributed by atoms with van der Waals surface area (Å²) in [4.78, 5) is 14.9. The zero-order chi connectivity index (χ0) is 16.6. The molecule has 4 nitrogen and oxygen atoms in total. The second-order valence-corrected chi connectivity index (χ2v) is 7.36. The number of nitrogens with zero attached hydrogens (tertiary/aromatic N) is 1. The van der Waals surface area contributed by atoms with Crippen LogP contribution in [0.5, 0.6) is 5.75 Å². The number of rotatable bonds is 3. The number of halogens is 2. The highest BCUT2D eigenvalue weighted by Crippen LogP contribution is 2.43. The molecule has 0 radical (unpaired) electrons. The molecule has 1 spiro atoms. The molecule has 1 aliphatic carbocycles. The Morgan fingerprint density at radius 1 is 1.30 bits per heavy atom. The van der Waals surface area contributed by atoms with Crippen molar-refractivity contribution in [2.75, 3.05) is 6.54 Å². The number of amides is 1. The Bertz CT molecular complexity index is 615. The smallest absolute Gasteiger partial charge is 0.244 e. The van der Waals surface area contributed by atoms with Crippen LogP contribution in [-0.2, 0) is 4.79 Å². The monoisotopic (exact) mass is 356 g/mol. The summed E-state index contributed by atoms with van der Waals surface area (Å²) in [6, 6.07) is 3.21. The molecule has 3 rings (SSSR count).